The second kappa shape index (κ2) is 8.11. The number of alkyl halides is 1. The van der Waals surface area contributed by atoms with E-state index in [0.29, 0.717) is 18.1 Å². The fourth-order valence-electron chi connectivity index (χ4n) is 0.801. The first kappa shape index (κ1) is 13.8. The summed E-state index contributed by atoms with van der Waals surface area (Å²) in [5.74, 6) is -0.595. The standard InChI is InChI=1S/C9H14ClNO4/c1-14-8(12)5-7(11-4-3-10)6-9(13)15-2/h5,11H,3-4,6H2,1-2H3/b7-5-. The topological polar surface area (TPSA) is 64.6 Å². The van der Waals surface area contributed by atoms with Gasteiger partial charge in [0.15, 0.2) is 0 Å². The van der Waals surface area contributed by atoms with Gasteiger partial charge < -0.3 is 14.8 Å². The van der Waals surface area contributed by atoms with Crippen LogP contribution in [0, 0.1) is 0 Å². The number of hydrogen-bond donors (Lipinski definition) is 1. The van der Waals surface area contributed by atoms with Crippen LogP contribution in [0.5, 0.6) is 0 Å². The van der Waals surface area contributed by atoms with Crippen LogP contribution in [-0.2, 0) is 19.1 Å². The highest BCUT2D eigenvalue weighted by Crippen LogP contribution is 1.99. The molecule has 0 aromatic carbocycles. The molecule has 0 aliphatic rings. The maximum absolute atomic E-state index is 11.0. The molecule has 86 valence electrons. The Labute approximate surface area is 93.4 Å². The first-order chi connectivity index (χ1) is 7.13. The molecule has 0 unspecified atom stereocenters. The number of carbonyl (C=O) groups excluding carboxylic acids is 2. The summed E-state index contributed by atoms with van der Waals surface area (Å²) in [4.78, 5) is 21.9. The molecule has 0 saturated heterocycles. The van der Waals surface area contributed by atoms with Crippen LogP contribution < -0.4 is 5.32 Å². The molecule has 0 radical (unpaired) electrons. The minimum Gasteiger partial charge on any atom is -0.469 e. The molecule has 0 aliphatic carbocycles. The van der Waals surface area contributed by atoms with Gasteiger partial charge in [0.05, 0.1) is 20.6 Å². The third-order valence-corrected chi connectivity index (χ3v) is 1.69. The van der Waals surface area contributed by atoms with E-state index in [-0.39, 0.29) is 6.42 Å². The van der Waals surface area contributed by atoms with Crippen LogP contribution in [0.4, 0.5) is 0 Å². The molecule has 0 atom stereocenters. The summed E-state index contributed by atoms with van der Waals surface area (Å²) in [5, 5.41) is 2.83. The summed E-state index contributed by atoms with van der Waals surface area (Å²) in [5.41, 5.74) is 0.425. The zero-order chi connectivity index (χ0) is 11.7. The van der Waals surface area contributed by atoms with Crippen molar-refractivity contribution in [2.45, 2.75) is 6.42 Å². The van der Waals surface area contributed by atoms with Gasteiger partial charge in [-0.25, -0.2) is 4.79 Å². The minimum atomic E-state index is -0.532. The second-order valence-electron chi connectivity index (χ2n) is 2.56. The lowest BCUT2D eigenvalue weighted by Crippen LogP contribution is -2.20. The normalized spacial score (nSPS) is 10.7. The lowest BCUT2D eigenvalue weighted by atomic mass is 10.3. The van der Waals surface area contributed by atoms with Crippen molar-refractivity contribution >= 4 is 23.5 Å². The molecule has 1 N–H and O–H groups in total. The number of methoxy groups -OCH3 is 2. The zero-order valence-corrected chi connectivity index (χ0v) is 9.47. The van der Waals surface area contributed by atoms with E-state index in [2.05, 4.69) is 14.8 Å². The Morgan fingerprint density at radius 3 is 2.47 bits per heavy atom. The minimum absolute atomic E-state index is 0.0114. The van der Waals surface area contributed by atoms with Gasteiger partial charge in [0.1, 0.15) is 0 Å². The van der Waals surface area contributed by atoms with E-state index in [1.807, 2.05) is 0 Å². The molecule has 0 aromatic heterocycles. The van der Waals surface area contributed by atoms with Crippen molar-refractivity contribution in [2.24, 2.45) is 0 Å². The molecular formula is C9H14ClNO4. The number of rotatable bonds is 6. The monoisotopic (exact) mass is 235 g/mol. The molecule has 0 heterocycles. The van der Waals surface area contributed by atoms with E-state index in [1.165, 1.54) is 20.3 Å². The fourth-order valence-corrected chi connectivity index (χ4v) is 0.896. The number of esters is 2. The van der Waals surface area contributed by atoms with Gasteiger partial charge in [0.2, 0.25) is 0 Å². The van der Waals surface area contributed by atoms with Crippen molar-refractivity contribution in [3.05, 3.63) is 11.8 Å². The van der Waals surface area contributed by atoms with Gasteiger partial charge in [-0.1, -0.05) is 0 Å². The Morgan fingerprint density at radius 1 is 1.33 bits per heavy atom. The van der Waals surface area contributed by atoms with Crippen molar-refractivity contribution in [2.75, 3.05) is 26.6 Å². The molecule has 5 nitrogen and oxygen atoms in total. The maximum Gasteiger partial charge on any atom is 0.332 e. The van der Waals surface area contributed by atoms with Gasteiger partial charge >= 0.3 is 11.9 Å². The largest absolute Gasteiger partial charge is 0.469 e. The van der Waals surface area contributed by atoms with E-state index < -0.39 is 11.9 Å². The van der Waals surface area contributed by atoms with Crippen LogP contribution in [0.25, 0.3) is 0 Å². The third kappa shape index (κ3) is 6.79. The summed E-state index contributed by atoms with van der Waals surface area (Å²) < 4.78 is 8.91. The first-order valence-corrected chi connectivity index (χ1v) is 4.82. The van der Waals surface area contributed by atoms with Crippen molar-refractivity contribution in [3.8, 4) is 0 Å². The summed E-state index contributed by atoms with van der Waals surface area (Å²) >= 11 is 5.46. The maximum atomic E-state index is 11.0. The van der Waals surface area contributed by atoms with Crippen LogP contribution in [0.3, 0.4) is 0 Å². The number of hydrogen-bond acceptors (Lipinski definition) is 5. The SMILES string of the molecule is COC(=O)/C=C(/CC(=O)OC)NCCCl. The van der Waals surface area contributed by atoms with Gasteiger partial charge in [-0.15, -0.1) is 11.6 Å². The van der Waals surface area contributed by atoms with Crippen LogP contribution in [0.15, 0.2) is 11.8 Å². The summed E-state index contributed by atoms with van der Waals surface area (Å²) in [6, 6.07) is 0. The lowest BCUT2D eigenvalue weighted by Gasteiger charge is -2.07. The molecular weight excluding hydrogens is 222 g/mol. The highest BCUT2D eigenvalue weighted by Gasteiger charge is 2.07. The Kier molecular flexibility index (Phi) is 7.44. The number of halogens is 1. The van der Waals surface area contributed by atoms with E-state index >= 15 is 0 Å². The molecule has 0 aliphatic heterocycles. The Hall–Kier alpha value is -1.23. The van der Waals surface area contributed by atoms with Gasteiger partial charge in [-0.2, -0.15) is 0 Å². The van der Waals surface area contributed by atoms with Crippen LogP contribution in [0.2, 0.25) is 0 Å². The Morgan fingerprint density at radius 2 is 2.00 bits per heavy atom. The third-order valence-electron chi connectivity index (χ3n) is 1.50. The van der Waals surface area contributed by atoms with E-state index in [0.717, 1.165) is 0 Å². The molecule has 0 spiro atoms. The molecule has 0 rings (SSSR count). The van der Waals surface area contributed by atoms with Gasteiger partial charge in [-0.05, 0) is 0 Å². The molecule has 0 saturated carbocycles. The summed E-state index contributed by atoms with van der Waals surface area (Å²) in [6.07, 6.45) is 1.19. The average molecular weight is 236 g/mol. The summed E-state index contributed by atoms with van der Waals surface area (Å²) in [7, 11) is 2.54. The van der Waals surface area contributed by atoms with Crippen molar-refractivity contribution in [1.29, 1.82) is 0 Å². The quantitative estimate of drug-likeness (QED) is 0.411. The first-order valence-electron chi connectivity index (χ1n) is 4.29. The van der Waals surface area contributed by atoms with E-state index in [4.69, 9.17) is 11.6 Å². The Balaban J connectivity index is 4.35. The smallest absolute Gasteiger partial charge is 0.332 e. The Bertz CT molecular complexity index is 252. The molecule has 0 bridgehead atoms. The van der Waals surface area contributed by atoms with Crippen molar-refractivity contribution in [1.82, 2.24) is 5.32 Å². The van der Waals surface area contributed by atoms with Crippen molar-refractivity contribution < 1.29 is 19.1 Å². The molecule has 15 heavy (non-hydrogen) atoms. The predicted octanol–water partition coefficient (Wildman–Crippen LogP) is 0.435. The zero-order valence-electron chi connectivity index (χ0n) is 8.71. The fraction of sp³-hybridized carbons (Fsp3) is 0.556. The lowest BCUT2D eigenvalue weighted by molar-refractivity contribution is -0.139. The molecule has 6 heteroatoms. The van der Waals surface area contributed by atoms with Gasteiger partial charge in [0, 0.05) is 24.2 Å². The van der Waals surface area contributed by atoms with Crippen LogP contribution >= 0.6 is 11.6 Å². The highest BCUT2D eigenvalue weighted by atomic mass is 35.5. The summed E-state index contributed by atoms with van der Waals surface area (Å²) in [6.45, 7) is 0.460. The number of carbonyl (C=O) groups is 2. The van der Waals surface area contributed by atoms with E-state index in [1.54, 1.807) is 0 Å². The van der Waals surface area contributed by atoms with Crippen LogP contribution in [-0.4, -0.2) is 38.6 Å². The highest BCUT2D eigenvalue weighted by molar-refractivity contribution is 6.18. The van der Waals surface area contributed by atoms with Gasteiger partial charge in [0.25, 0.3) is 0 Å². The number of nitrogens with one attached hydrogen (secondary N) is 1. The average Bonchev–Trinajstić information content (AvgIpc) is 2.25. The second-order valence-corrected chi connectivity index (χ2v) is 2.94. The molecule has 0 fully saturated rings. The van der Waals surface area contributed by atoms with Crippen LogP contribution in [0.1, 0.15) is 6.42 Å². The van der Waals surface area contributed by atoms with Gasteiger partial charge in [-0.3, -0.25) is 4.79 Å². The molecule has 0 amide bonds. The van der Waals surface area contributed by atoms with E-state index in [9.17, 15) is 9.59 Å². The molecule has 0 aromatic rings. The predicted molar refractivity (Wildman–Crippen MR) is 55.5 cm³/mol. The number of ether oxygens (including phenoxy) is 2. The van der Waals surface area contributed by atoms with Crippen molar-refractivity contribution in [3.63, 3.8) is 0 Å².